The maximum Gasteiger partial charge on any atom is 0.256 e. The quantitative estimate of drug-likeness (QED) is 0.540. The fraction of sp³-hybridized carbons (Fsp3) is 0.409. The maximum absolute atomic E-state index is 13.8. The average molecular weight is 448 g/mol. The molecule has 0 saturated heterocycles. The van der Waals surface area contributed by atoms with Crippen molar-refractivity contribution in [2.75, 3.05) is 20.1 Å². The monoisotopic (exact) mass is 447 g/mol. The number of carbonyl (C=O) groups is 1. The summed E-state index contributed by atoms with van der Waals surface area (Å²) in [5.41, 5.74) is 2.28. The van der Waals surface area contributed by atoms with E-state index in [4.69, 9.17) is 4.42 Å². The molecule has 0 atom stereocenters. The summed E-state index contributed by atoms with van der Waals surface area (Å²) in [6, 6.07) is 4.22. The second kappa shape index (κ2) is 9.62. The highest BCUT2D eigenvalue weighted by Crippen LogP contribution is 2.30. The zero-order chi connectivity index (χ0) is 21.3. The number of halogens is 2. The van der Waals surface area contributed by atoms with Crippen molar-refractivity contribution in [2.45, 2.75) is 39.8 Å². The third-order valence-electron chi connectivity index (χ3n) is 5.26. The smallest absolute Gasteiger partial charge is 0.256 e. The largest absolute Gasteiger partial charge is 0.438 e. The first-order valence-corrected chi connectivity index (χ1v) is 10.3. The summed E-state index contributed by atoms with van der Waals surface area (Å²) in [5.74, 6) is 0.537. The second-order valence-electron chi connectivity index (χ2n) is 7.64. The fourth-order valence-electron chi connectivity index (χ4n) is 3.92. The number of carbonyl (C=O) groups excluding carboxylic acids is 1. The van der Waals surface area contributed by atoms with E-state index in [1.54, 1.807) is 30.5 Å². The molecule has 9 heteroatoms. The Hall–Kier alpha value is -2.71. The van der Waals surface area contributed by atoms with E-state index in [0.717, 1.165) is 37.4 Å². The lowest BCUT2D eigenvalue weighted by Crippen LogP contribution is -2.25. The van der Waals surface area contributed by atoms with Gasteiger partial charge < -0.3 is 9.32 Å². The highest BCUT2D eigenvalue weighted by molar-refractivity contribution is 5.98. The first kappa shape index (κ1) is 23.0. The van der Waals surface area contributed by atoms with Crippen LogP contribution in [0, 0.1) is 5.82 Å². The van der Waals surface area contributed by atoms with Crippen LogP contribution in [0.4, 0.5) is 4.39 Å². The predicted molar refractivity (Wildman–Crippen MR) is 118 cm³/mol. The van der Waals surface area contributed by atoms with E-state index in [9.17, 15) is 9.18 Å². The highest BCUT2D eigenvalue weighted by atomic mass is 35.5. The van der Waals surface area contributed by atoms with Gasteiger partial charge in [-0.3, -0.25) is 14.3 Å². The van der Waals surface area contributed by atoms with Crippen LogP contribution in [0.5, 0.6) is 0 Å². The van der Waals surface area contributed by atoms with Crippen LogP contribution in [0.15, 0.2) is 35.1 Å². The minimum Gasteiger partial charge on any atom is -0.438 e. The van der Waals surface area contributed by atoms with Crippen LogP contribution in [-0.4, -0.2) is 50.4 Å². The average Bonchev–Trinajstić information content (AvgIpc) is 3.32. The van der Waals surface area contributed by atoms with E-state index in [0.29, 0.717) is 35.9 Å². The SMILES string of the molecule is CCCN(CCC)Cc1cnc(-c2ncn3c2CN(C)C(=O)c2cc(F)ccc2-3)o1.Cl. The highest BCUT2D eigenvalue weighted by Gasteiger charge is 2.28. The van der Waals surface area contributed by atoms with Crippen molar-refractivity contribution < 1.29 is 13.6 Å². The van der Waals surface area contributed by atoms with Gasteiger partial charge in [0.15, 0.2) is 0 Å². The van der Waals surface area contributed by atoms with Crippen molar-refractivity contribution in [3.8, 4) is 17.3 Å². The molecule has 3 heterocycles. The number of hydrogen-bond acceptors (Lipinski definition) is 5. The van der Waals surface area contributed by atoms with Crippen molar-refractivity contribution in [3.63, 3.8) is 0 Å². The van der Waals surface area contributed by atoms with Gasteiger partial charge in [-0.15, -0.1) is 12.4 Å². The van der Waals surface area contributed by atoms with Crippen LogP contribution in [0.2, 0.25) is 0 Å². The second-order valence-corrected chi connectivity index (χ2v) is 7.64. The van der Waals surface area contributed by atoms with E-state index in [2.05, 4.69) is 28.7 Å². The Kier molecular flexibility index (Phi) is 7.12. The molecule has 4 rings (SSSR count). The zero-order valence-corrected chi connectivity index (χ0v) is 18.8. The molecule has 0 saturated carbocycles. The number of imidazole rings is 1. The summed E-state index contributed by atoms with van der Waals surface area (Å²) in [6.07, 6.45) is 5.54. The first-order chi connectivity index (χ1) is 14.5. The molecular weight excluding hydrogens is 421 g/mol. The van der Waals surface area contributed by atoms with Crippen LogP contribution in [0.25, 0.3) is 17.3 Å². The number of nitrogens with zero attached hydrogens (tertiary/aromatic N) is 5. The Morgan fingerprint density at radius 3 is 2.65 bits per heavy atom. The molecular formula is C22H27ClFN5O2. The van der Waals surface area contributed by atoms with E-state index in [1.165, 1.54) is 12.1 Å². The molecule has 1 aliphatic heterocycles. The van der Waals surface area contributed by atoms with Gasteiger partial charge in [-0.05, 0) is 44.1 Å². The first-order valence-electron chi connectivity index (χ1n) is 10.3. The summed E-state index contributed by atoms with van der Waals surface area (Å²) in [7, 11) is 1.69. The van der Waals surface area contributed by atoms with Crippen LogP contribution < -0.4 is 0 Å². The minimum atomic E-state index is -0.444. The van der Waals surface area contributed by atoms with Crippen LogP contribution in [0.1, 0.15) is 48.5 Å². The van der Waals surface area contributed by atoms with Crippen LogP contribution >= 0.6 is 12.4 Å². The van der Waals surface area contributed by atoms with Crippen molar-refractivity contribution >= 4 is 18.3 Å². The van der Waals surface area contributed by atoms with E-state index >= 15 is 0 Å². The van der Waals surface area contributed by atoms with Crippen molar-refractivity contribution in [3.05, 3.63) is 53.6 Å². The van der Waals surface area contributed by atoms with Crippen molar-refractivity contribution in [2.24, 2.45) is 0 Å². The normalized spacial score (nSPS) is 13.1. The van der Waals surface area contributed by atoms with Gasteiger partial charge in [-0.2, -0.15) is 0 Å². The Balaban J connectivity index is 0.00000272. The Bertz CT molecular complexity index is 1060. The topological polar surface area (TPSA) is 67.4 Å². The molecule has 1 aliphatic rings. The Labute approximate surface area is 187 Å². The molecule has 0 unspecified atom stereocenters. The molecule has 1 amide bonds. The molecule has 0 N–H and O–H groups in total. The molecule has 7 nitrogen and oxygen atoms in total. The zero-order valence-electron chi connectivity index (χ0n) is 18.0. The molecule has 1 aromatic carbocycles. The maximum atomic E-state index is 13.8. The number of amides is 1. The molecule has 0 aliphatic carbocycles. The van der Waals surface area contributed by atoms with Crippen LogP contribution in [-0.2, 0) is 13.1 Å². The summed E-state index contributed by atoms with van der Waals surface area (Å²) < 4.78 is 21.6. The number of rotatable bonds is 7. The van der Waals surface area contributed by atoms with Crippen LogP contribution in [0.3, 0.4) is 0 Å². The van der Waals surface area contributed by atoms with E-state index in [-0.39, 0.29) is 18.3 Å². The van der Waals surface area contributed by atoms with Crippen molar-refractivity contribution in [1.29, 1.82) is 0 Å². The molecule has 0 fully saturated rings. The number of hydrogen-bond donors (Lipinski definition) is 0. The van der Waals surface area contributed by atoms with Gasteiger partial charge in [0, 0.05) is 7.05 Å². The van der Waals surface area contributed by atoms with Gasteiger partial charge in [-0.1, -0.05) is 13.8 Å². The summed E-state index contributed by atoms with van der Waals surface area (Å²) in [4.78, 5) is 25.6. The fourth-order valence-corrected chi connectivity index (χ4v) is 3.92. The Morgan fingerprint density at radius 1 is 1.19 bits per heavy atom. The van der Waals surface area contributed by atoms with E-state index in [1.807, 2.05) is 4.57 Å². The lowest BCUT2D eigenvalue weighted by molar-refractivity contribution is 0.0787. The summed E-state index contributed by atoms with van der Waals surface area (Å²) in [5, 5.41) is 0. The van der Waals surface area contributed by atoms with Gasteiger partial charge in [0.05, 0.1) is 36.2 Å². The van der Waals surface area contributed by atoms with Gasteiger partial charge >= 0.3 is 0 Å². The molecule has 0 spiro atoms. The van der Waals surface area contributed by atoms with E-state index < -0.39 is 5.82 Å². The molecule has 2 aromatic heterocycles. The number of fused-ring (bicyclic) bond motifs is 3. The molecule has 31 heavy (non-hydrogen) atoms. The third kappa shape index (κ3) is 4.50. The predicted octanol–water partition coefficient (Wildman–Crippen LogP) is 4.30. The minimum absolute atomic E-state index is 0. The standard InChI is InChI=1S/C22H26FN5O2.ClH/c1-4-8-27(9-5-2)12-16-11-24-21(30-16)20-19-13-26(3)22(29)17-10-15(23)6-7-18(17)28(19)14-25-20;/h6-7,10-11,14H,4-5,8-9,12-13H2,1-3H3;1H. The van der Waals surface area contributed by atoms with Gasteiger partial charge in [-0.25, -0.2) is 14.4 Å². The number of benzene rings is 1. The lowest BCUT2D eigenvalue weighted by Gasteiger charge is -2.18. The molecule has 0 radical (unpaired) electrons. The van der Waals surface area contributed by atoms with Crippen molar-refractivity contribution in [1.82, 2.24) is 24.3 Å². The Morgan fingerprint density at radius 2 is 1.94 bits per heavy atom. The molecule has 0 bridgehead atoms. The number of aromatic nitrogens is 3. The summed E-state index contributed by atoms with van der Waals surface area (Å²) >= 11 is 0. The lowest BCUT2D eigenvalue weighted by atomic mass is 10.1. The van der Waals surface area contributed by atoms with Gasteiger partial charge in [0.25, 0.3) is 5.91 Å². The number of oxazole rings is 1. The molecule has 3 aromatic rings. The third-order valence-corrected chi connectivity index (χ3v) is 5.26. The summed E-state index contributed by atoms with van der Waals surface area (Å²) in [6.45, 7) is 7.35. The molecule has 166 valence electrons. The van der Waals surface area contributed by atoms with Gasteiger partial charge in [0.1, 0.15) is 23.6 Å². The van der Waals surface area contributed by atoms with Gasteiger partial charge in [0.2, 0.25) is 5.89 Å².